The standard InChI is InChI=1S/C23H19N3O3/c1-28-17-9-7-16(8-10-17)22-24-23(29-25-22)18-13-14-26-19(18)11-12-20(26)21(27)15-5-3-2-4-6-15/h2-12,18H,13-14H2,1H3. The summed E-state index contributed by atoms with van der Waals surface area (Å²) in [4.78, 5) is 17.5. The fourth-order valence-corrected chi connectivity index (χ4v) is 3.86. The van der Waals surface area contributed by atoms with Crippen LogP contribution in [0, 0.1) is 0 Å². The van der Waals surface area contributed by atoms with Crippen LogP contribution in [0.25, 0.3) is 11.4 Å². The molecule has 0 spiro atoms. The largest absolute Gasteiger partial charge is 0.497 e. The zero-order valence-corrected chi connectivity index (χ0v) is 15.9. The van der Waals surface area contributed by atoms with Gasteiger partial charge in [0, 0.05) is 23.4 Å². The van der Waals surface area contributed by atoms with Crippen molar-refractivity contribution in [2.45, 2.75) is 18.9 Å². The number of hydrogen-bond acceptors (Lipinski definition) is 5. The average molecular weight is 385 g/mol. The molecule has 0 saturated heterocycles. The lowest BCUT2D eigenvalue weighted by atomic mass is 10.0. The van der Waals surface area contributed by atoms with Crippen LogP contribution in [0.3, 0.4) is 0 Å². The number of ketones is 1. The number of hydrogen-bond donors (Lipinski definition) is 0. The van der Waals surface area contributed by atoms with Gasteiger partial charge in [-0.2, -0.15) is 4.98 Å². The van der Waals surface area contributed by atoms with E-state index in [0.717, 1.165) is 30.0 Å². The average Bonchev–Trinajstić information content (AvgIpc) is 3.50. The summed E-state index contributed by atoms with van der Waals surface area (Å²) in [6.45, 7) is 0.751. The highest BCUT2D eigenvalue weighted by Crippen LogP contribution is 2.36. The van der Waals surface area contributed by atoms with Gasteiger partial charge >= 0.3 is 0 Å². The molecule has 5 rings (SSSR count). The first-order valence-electron chi connectivity index (χ1n) is 9.52. The molecule has 0 fully saturated rings. The third kappa shape index (κ3) is 3.02. The van der Waals surface area contributed by atoms with Crippen LogP contribution in [0.1, 0.15) is 40.0 Å². The zero-order chi connectivity index (χ0) is 19.8. The molecule has 1 unspecified atom stereocenters. The maximum atomic E-state index is 12.9. The van der Waals surface area contributed by atoms with E-state index in [-0.39, 0.29) is 11.7 Å². The Hall–Kier alpha value is -3.67. The summed E-state index contributed by atoms with van der Waals surface area (Å²) < 4.78 is 12.8. The Morgan fingerprint density at radius 2 is 1.86 bits per heavy atom. The first-order valence-corrected chi connectivity index (χ1v) is 9.52. The second-order valence-corrected chi connectivity index (χ2v) is 7.02. The van der Waals surface area contributed by atoms with E-state index in [4.69, 9.17) is 9.26 Å². The number of ether oxygens (including phenoxy) is 1. The van der Waals surface area contributed by atoms with Crippen molar-refractivity contribution in [1.82, 2.24) is 14.7 Å². The number of nitrogens with zero attached hydrogens (tertiary/aromatic N) is 3. The molecule has 144 valence electrons. The summed E-state index contributed by atoms with van der Waals surface area (Å²) >= 11 is 0. The molecule has 1 atom stereocenters. The molecule has 6 heteroatoms. The number of fused-ring (bicyclic) bond motifs is 1. The van der Waals surface area contributed by atoms with Crippen molar-refractivity contribution in [3.63, 3.8) is 0 Å². The smallest absolute Gasteiger partial charge is 0.236 e. The predicted molar refractivity (Wildman–Crippen MR) is 107 cm³/mol. The first kappa shape index (κ1) is 17.4. The topological polar surface area (TPSA) is 70.2 Å². The highest BCUT2D eigenvalue weighted by atomic mass is 16.5. The lowest BCUT2D eigenvalue weighted by Crippen LogP contribution is -2.08. The number of aromatic nitrogens is 3. The molecule has 0 amide bonds. The molecule has 2 aromatic carbocycles. The van der Waals surface area contributed by atoms with Crippen molar-refractivity contribution in [2.75, 3.05) is 7.11 Å². The Bertz CT molecular complexity index is 1160. The van der Waals surface area contributed by atoms with Crippen LogP contribution in [0.4, 0.5) is 0 Å². The normalized spacial score (nSPS) is 15.3. The molecule has 3 heterocycles. The van der Waals surface area contributed by atoms with Crippen molar-refractivity contribution in [1.29, 1.82) is 0 Å². The highest BCUT2D eigenvalue weighted by Gasteiger charge is 2.32. The highest BCUT2D eigenvalue weighted by molar-refractivity contribution is 6.08. The van der Waals surface area contributed by atoms with E-state index in [0.29, 0.717) is 23.0 Å². The maximum absolute atomic E-state index is 12.9. The van der Waals surface area contributed by atoms with Gasteiger partial charge in [-0.25, -0.2) is 0 Å². The molecule has 4 aromatic rings. The summed E-state index contributed by atoms with van der Waals surface area (Å²) in [7, 11) is 1.63. The monoisotopic (exact) mass is 385 g/mol. The van der Waals surface area contributed by atoms with Crippen LogP contribution >= 0.6 is 0 Å². The van der Waals surface area contributed by atoms with Crippen molar-refractivity contribution in [3.05, 3.63) is 89.6 Å². The SMILES string of the molecule is COc1ccc(-c2noc(C3CCn4c(C(=O)c5ccccc5)ccc43)n2)cc1. The van der Waals surface area contributed by atoms with E-state index in [1.165, 1.54) is 0 Å². The van der Waals surface area contributed by atoms with Crippen LogP contribution in [0.5, 0.6) is 5.75 Å². The number of carbonyl (C=O) groups is 1. The Morgan fingerprint density at radius 3 is 2.62 bits per heavy atom. The minimum Gasteiger partial charge on any atom is -0.497 e. The van der Waals surface area contributed by atoms with E-state index in [2.05, 4.69) is 14.7 Å². The third-order valence-corrected chi connectivity index (χ3v) is 5.37. The number of rotatable bonds is 5. The van der Waals surface area contributed by atoms with E-state index >= 15 is 0 Å². The maximum Gasteiger partial charge on any atom is 0.236 e. The predicted octanol–water partition coefficient (Wildman–Crippen LogP) is 4.31. The summed E-state index contributed by atoms with van der Waals surface area (Å²) in [5.74, 6) is 1.93. The van der Waals surface area contributed by atoms with Gasteiger partial charge in [-0.1, -0.05) is 35.5 Å². The van der Waals surface area contributed by atoms with Crippen LogP contribution < -0.4 is 4.74 Å². The van der Waals surface area contributed by atoms with Gasteiger partial charge in [-0.05, 0) is 42.8 Å². The van der Waals surface area contributed by atoms with Gasteiger partial charge in [-0.15, -0.1) is 0 Å². The van der Waals surface area contributed by atoms with E-state index in [9.17, 15) is 4.79 Å². The molecule has 0 N–H and O–H groups in total. The summed E-state index contributed by atoms with van der Waals surface area (Å²) in [5, 5.41) is 4.15. The Labute approximate surface area is 167 Å². The summed E-state index contributed by atoms with van der Waals surface area (Å²) in [6, 6.07) is 20.8. The Balaban J connectivity index is 1.42. The third-order valence-electron chi connectivity index (χ3n) is 5.37. The molecule has 1 aliphatic heterocycles. The molecule has 6 nitrogen and oxygen atoms in total. The van der Waals surface area contributed by atoms with Crippen LogP contribution in [-0.4, -0.2) is 27.6 Å². The molecular weight excluding hydrogens is 366 g/mol. The molecule has 0 bridgehead atoms. The molecule has 2 aromatic heterocycles. The fourth-order valence-electron chi connectivity index (χ4n) is 3.86. The lowest BCUT2D eigenvalue weighted by Gasteiger charge is -2.05. The van der Waals surface area contributed by atoms with Gasteiger partial charge in [-0.3, -0.25) is 4.79 Å². The van der Waals surface area contributed by atoms with Crippen molar-refractivity contribution >= 4 is 5.78 Å². The lowest BCUT2D eigenvalue weighted by molar-refractivity contribution is 0.103. The van der Waals surface area contributed by atoms with Crippen molar-refractivity contribution < 1.29 is 14.1 Å². The molecule has 0 radical (unpaired) electrons. The Morgan fingerprint density at radius 1 is 1.07 bits per heavy atom. The quantitative estimate of drug-likeness (QED) is 0.479. The van der Waals surface area contributed by atoms with Crippen LogP contribution in [-0.2, 0) is 6.54 Å². The van der Waals surface area contributed by atoms with Gasteiger partial charge < -0.3 is 13.8 Å². The number of benzene rings is 2. The Kier molecular flexibility index (Phi) is 4.24. The second kappa shape index (κ2) is 7.05. The molecule has 0 aliphatic carbocycles. The van der Waals surface area contributed by atoms with Gasteiger partial charge in [0.1, 0.15) is 5.75 Å². The van der Waals surface area contributed by atoms with Gasteiger partial charge in [0.25, 0.3) is 0 Å². The van der Waals surface area contributed by atoms with Crippen LogP contribution in [0.15, 0.2) is 71.3 Å². The zero-order valence-electron chi connectivity index (χ0n) is 15.9. The first-order chi connectivity index (χ1) is 14.2. The van der Waals surface area contributed by atoms with Gasteiger partial charge in [0.2, 0.25) is 17.5 Å². The summed E-state index contributed by atoms with van der Waals surface area (Å²) in [6.07, 6.45) is 0.829. The van der Waals surface area contributed by atoms with E-state index in [1.54, 1.807) is 7.11 Å². The van der Waals surface area contributed by atoms with E-state index in [1.807, 2.05) is 66.7 Å². The summed E-state index contributed by atoms with van der Waals surface area (Å²) in [5.41, 5.74) is 3.29. The van der Waals surface area contributed by atoms with Crippen molar-refractivity contribution in [2.24, 2.45) is 0 Å². The minimum atomic E-state index is -0.00757. The van der Waals surface area contributed by atoms with Gasteiger partial charge in [0.15, 0.2) is 0 Å². The van der Waals surface area contributed by atoms with Gasteiger partial charge in [0.05, 0.1) is 18.7 Å². The fraction of sp³-hybridized carbons (Fsp3) is 0.174. The molecule has 0 saturated carbocycles. The van der Waals surface area contributed by atoms with Crippen molar-refractivity contribution in [3.8, 4) is 17.1 Å². The minimum absolute atomic E-state index is 0.00757. The molecular formula is C23H19N3O3. The second-order valence-electron chi connectivity index (χ2n) is 7.02. The molecule has 29 heavy (non-hydrogen) atoms. The van der Waals surface area contributed by atoms with E-state index < -0.39 is 0 Å². The number of carbonyl (C=O) groups excluding carboxylic acids is 1. The molecule has 1 aliphatic rings. The van der Waals surface area contributed by atoms with Crippen LogP contribution in [0.2, 0.25) is 0 Å². The number of methoxy groups -OCH3 is 1.